The zero-order valence-corrected chi connectivity index (χ0v) is 17.2. The summed E-state index contributed by atoms with van der Waals surface area (Å²) in [6.07, 6.45) is 1.84. The summed E-state index contributed by atoms with van der Waals surface area (Å²) in [5.41, 5.74) is 1.58. The van der Waals surface area contributed by atoms with Crippen molar-refractivity contribution in [1.82, 2.24) is 9.55 Å². The van der Waals surface area contributed by atoms with Crippen LogP contribution in [0.15, 0.2) is 12.3 Å². The van der Waals surface area contributed by atoms with Crippen molar-refractivity contribution in [3.8, 4) is 0 Å². The molecule has 5 nitrogen and oxygen atoms in total. The van der Waals surface area contributed by atoms with E-state index in [-0.39, 0.29) is 0 Å². The van der Waals surface area contributed by atoms with Gasteiger partial charge in [-0.2, -0.15) is 0 Å². The van der Waals surface area contributed by atoms with Crippen LogP contribution in [-0.4, -0.2) is 44.5 Å². The Kier molecular flexibility index (Phi) is 6.95. The fourth-order valence-electron chi connectivity index (χ4n) is 2.27. The molecule has 2 heterocycles. The van der Waals surface area contributed by atoms with Gasteiger partial charge < -0.3 is 19.4 Å². The lowest BCUT2D eigenvalue weighted by molar-refractivity contribution is 0.0899. The number of hydrogen-bond donors (Lipinski definition) is 1. The van der Waals surface area contributed by atoms with E-state index in [1.54, 1.807) is 13.2 Å². The third kappa shape index (κ3) is 5.36. The van der Waals surface area contributed by atoms with E-state index >= 15 is 0 Å². The molecule has 0 saturated heterocycles. The highest BCUT2D eigenvalue weighted by Gasteiger charge is 2.15. The minimum absolute atomic E-state index is 0.415. The molecule has 0 radical (unpaired) electrons. The van der Waals surface area contributed by atoms with Gasteiger partial charge in [-0.05, 0) is 12.1 Å². The normalized spacial score (nSPS) is 12.1. The predicted octanol–water partition coefficient (Wildman–Crippen LogP) is 4.71. The maximum Gasteiger partial charge on any atom is 0.147 e. The summed E-state index contributed by atoms with van der Waals surface area (Å²) >= 11 is 12.6. The molecule has 0 spiro atoms. The molecule has 0 amide bonds. The first-order chi connectivity index (χ1) is 11.3. The summed E-state index contributed by atoms with van der Waals surface area (Å²) in [7, 11) is 0.565. The minimum atomic E-state index is -1.10. The highest BCUT2D eigenvalue weighted by Crippen LogP contribution is 2.33. The molecule has 0 aromatic carbocycles. The van der Waals surface area contributed by atoms with E-state index in [0.29, 0.717) is 30.1 Å². The number of fused-ring (bicyclic) bond motifs is 1. The topological polar surface area (TPSA) is 48.3 Å². The number of aromatic nitrogens is 2. The number of anilines is 1. The van der Waals surface area contributed by atoms with E-state index in [9.17, 15) is 0 Å². The molecule has 0 atom stereocenters. The molecule has 2 rings (SSSR count). The summed E-state index contributed by atoms with van der Waals surface area (Å²) in [6, 6.07) is 2.90. The zero-order chi connectivity index (χ0) is 17.7. The summed E-state index contributed by atoms with van der Waals surface area (Å²) in [6.45, 7) is 9.41. The van der Waals surface area contributed by atoms with Crippen molar-refractivity contribution < 1.29 is 9.47 Å². The molecular weight excluding hydrogens is 365 g/mol. The SMILES string of the molecule is COCCNc1cc(Cl)nc2c1c(Cl)cn2COCC[Si](C)(C)C. The molecular formula is C16H25Cl2N3O2Si. The maximum absolute atomic E-state index is 6.41. The maximum atomic E-state index is 6.41. The molecule has 24 heavy (non-hydrogen) atoms. The fourth-order valence-corrected chi connectivity index (χ4v) is 3.52. The first-order valence-corrected chi connectivity index (χ1v) is 12.4. The van der Waals surface area contributed by atoms with Crippen molar-refractivity contribution in [3.63, 3.8) is 0 Å². The zero-order valence-electron chi connectivity index (χ0n) is 14.7. The van der Waals surface area contributed by atoms with Gasteiger partial charge in [0.15, 0.2) is 0 Å². The minimum Gasteiger partial charge on any atom is -0.383 e. The molecule has 0 bridgehead atoms. The van der Waals surface area contributed by atoms with Gasteiger partial charge in [0, 0.05) is 40.2 Å². The van der Waals surface area contributed by atoms with E-state index < -0.39 is 8.07 Å². The van der Waals surface area contributed by atoms with Gasteiger partial charge in [-0.3, -0.25) is 0 Å². The van der Waals surface area contributed by atoms with Gasteiger partial charge in [-0.1, -0.05) is 42.8 Å². The second-order valence-electron chi connectivity index (χ2n) is 6.91. The van der Waals surface area contributed by atoms with Crippen molar-refractivity contribution in [2.75, 3.05) is 32.2 Å². The van der Waals surface area contributed by atoms with Gasteiger partial charge in [0.1, 0.15) is 17.5 Å². The number of rotatable bonds is 9. The number of nitrogens with zero attached hydrogens (tertiary/aromatic N) is 2. The van der Waals surface area contributed by atoms with Crippen LogP contribution in [0, 0.1) is 0 Å². The fraction of sp³-hybridized carbons (Fsp3) is 0.562. The van der Waals surface area contributed by atoms with E-state index in [1.807, 2.05) is 10.8 Å². The van der Waals surface area contributed by atoms with Crippen LogP contribution in [0.25, 0.3) is 11.0 Å². The second kappa shape index (κ2) is 8.54. The molecule has 8 heteroatoms. The Labute approximate surface area is 154 Å². The number of ether oxygens (including phenoxy) is 2. The third-order valence-electron chi connectivity index (χ3n) is 3.60. The molecule has 0 saturated carbocycles. The van der Waals surface area contributed by atoms with Gasteiger partial charge >= 0.3 is 0 Å². The van der Waals surface area contributed by atoms with Crippen LogP contribution in [0.1, 0.15) is 0 Å². The van der Waals surface area contributed by atoms with Crippen LogP contribution in [0.5, 0.6) is 0 Å². The van der Waals surface area contributed by atoms with E-state index in [0.717, 1.165) is 29.4 Å². The lowest BCUT2D eigenvalue weighted by Gasteiger charge is -2.15. The number of hydrogen-bond acceptors (Lipinski definition) is 4. The number of halogens is 2. The average Bonchev–Trinajstić information content (AvgIpc) is 2.79. The van der Waals surface area contributed by atoms with Gasteiger partial charge in [0.2, 0.25) is 0 Å². The number of nitrogens with one attached hydrogen (secondary N) is 1. The number of methoxy groups -OCH3 is 1. The molecule has 0 aliphatic rings. The first kappa shape index (κ1) is 19.5. The van der Waals surface area contributed by atoms with Gasteiger partial charge in [-0.15, -0.1) is 0 Å². The lowest BCUT2D eigenvalue weighted by Crippen LogP contribution is -2.22. The van der Waals surface area contributed by atoms with Gasteiger partial charge in [0.25, 0.3) is 0 Å². The van der Waals surface area contributed by atoms with Crippen molar-refractivity contribution >= 4 is 48.0 Å². The van der Waals surface area contributed by atoms with Crippen LogP contribution in [0.4, 0.5) is 5.69 Å². The second-order valence-corrected chi connectivity index (χ2v) is 13.3. The highest BCUT2D eigenvalue weighted by molar-refractivity contribution is 6.76. The largest absolute Gasteiger partial charge is 0.383 e. The lowest BCUT2D eigenvalue weighted by atomic mass is 10.3. The van der Waals surface area contributed by atoms with Crippen LogP contribution < -0.4 is 5.32 Å². The third-order valence-corrected chi connectivity index (χ3v) is 5.78. The van der Waals surface area contributed by atoms with Crippen molar-refractivity contribution in [3.05, 3.63) is 22.4 Å². The van der Waals surface area contributed by atoms with Gasteiger partial charge in [-0.25, -0.2) is 4.98 Å². The Hall–Kier alpha value is -0.793. The van der Waals surface area contributed by atoms with E-state index in [4.69, 9.17) is 32.7 Å². The molecule has 1 N–H and O–H groups in total. The molecule has 2 aromatic rings. The summed E-state index contributed by atoms with van der Waals surface area (Å²) in [5.74, 6) is 0. The Morgan fingerprint density at radius 3 is 2.67 bits per heavy atom. The average molecular weight is 390 g/mol. The van der Waals surface area contributed by atoms with Crippen LogP contribution in [0.2, 0.25) is 35.9 Å². The molecule has 134 valence electrons. The number of pyridine rings is 1. The van der Waals surface area contributed by atoms with Crippen LogP contribution >= 0.6 is 23.2 Å². The Balaban J connectivity index is 2.17. The van der Waals surface area contributed by atoms with E-state index in [2.05, 4.69) is 29.9 Å². The quantitative estimate of drug-likeness (QED) is 0.383. The Morgan fingerprint density at radius 2 is 2.00 bits per heavy atom. The highest BCUT2D eigenvalue weighted by atomic mass is 35.5. The summed E-state index contributed by atoms with van der Waals surface area (Å²) < 4.78 is 12.8. The van der Waals surface area contributed by atoms with E-state index in [1.165, 1.54) is 0 Å². The molecule has 2 aromatic heterocycles. The molecule has 0 unspecified atom stereocenters. The molecule has 0 aliphatic carbocycles. The monoisotopic (exact) mass is 389 g/mol. The first-order valence-electron chi connectivity index (χ1n) is 7.97. The Morgan fingerprint density at radius 1 is 1.25 bits per heavy atom. The molecule has 0 aliphatic heterocycles. The summed E-state index contributed by atoms with van der Waals surface area (Å²) in [5, 5.41) is 5.19. The van der Waals surface area contributed by atoms with Crippen molar-refractivity contribution in [2.45, 2.75) is 32.4 Å². The van der Waals surface area contributed by atoms with Crippen molar-refractivity contribution in [1.29, 1.82) is 0 Å². The molecule has 0 fully saturated rings. The van der Waals surface area contributed by atoms with Crippen LogP contribution in [0.3, 0.4) is 0 Å². The standard InChI is InChI=1S/C16H25Cl2N3O2Si/c1-22-6-5-19-13-9-14(18)20-16-15(13)12(17)10-21(16)11-23-7-8-24(2,3)4/h9-10H,5-8,11H2,1-4H3,(H,19,20). The smallest absolute Gasteiger partial charge is 0.147 e. The summed E-state index contributed by atoms with van der Waals surface area (Å²) in [4.78, 5) is 4.41. The van der Waals surface area contributed by atoms with Crippen molar-refractivity contribution in [2.24, 2.45) is 0 Å². The van der Waals surface area contributed by atoms with Gasteiger partial charge in [0.05, 0.1) is 17.0 Å². The van der Waals surface area contributed by atoms with Crippen LogP contribution in [-0.2, 0) is 16.2 Å². The Bertz CT molecular complexity index is 686. The predicted molar refractivity (Wildman–Crippen MR) is 104 cm³/mol.